The lowest BCUT2D eigenvalue weighted by Gasteiger charge is -2.05. The largest absolute Gasteiger partial charge is 0.0955 e. The van der Waals surface area contributed by atoms with Gasteiger partial charge in [0.1, 0.15) is 0 Å². The standard InChI is InChI=1S/C17H18.C2H6/c1-13(2)17-6-4-5-16(12-17)11-15-9-7-14(3)8-10-15;1-2/h4-10,12H,1,11H2,2-3H3;1-2H3. The van der Waals surface area contributed by atoms with Crippen molar-refractivity contribution in [2.75, 3.05) is 0 Å². The molecule has 2 aromatic rings. The summed E-state index contributed by atoms with van der Waals surface area (Å²) >= 11 is 0. The van der Waals surface area contributed by atoms with Crippen molar-refractivity contribution < 1.29 is 0 Å². The molecule has 0 aromatic heterocycles. The highest BCUT2D eigenvalue weighted by Gasteiger charge is 1.98. The second kappa shape index (κ2) is 7.58. The summed E-state index contributed by atoms with van der Waals surface area (Å²) in [6.07, 6.45) is 0.987. The lowest BCUT2D eigenvalue weighted by Crippen LogP contribution is -1.89. The monoisotopic (exact) mass is 252 g/mol. The molecule has 0 amide bonds. The number of hydrogen-bond donors (Lipinski definition) is 0. The van der Waals surface area contributed by atoms with E-state index in [2.05, 4.69) is 62.0 Å². The van der Waals surface area contributed by atoms with Crippen LogP contribution in [0.4, 0.5) is 0 Å². The minimum absolute atomic E-state index is 0.987. The number of allylic oxidation sites excluding steroid dienone is 1. The van der Waals surface area contributed by atoms with Crippen LogP contribution in [0, 0.1) is 6.92 Å². The van der Waals surface area contributed by atoms with Gasteiger partial charge in [-0.3, -0.25) is 0 Å². The van der Waals surface area contributed by atoms with Crippen molar-refractivity contribution in [2.24, 2.45) is 0 Å². The summed E-state index contributed by atoms with van der Waals surface area (Å²) in [5.74, 6) is 0. The molecule has 0 spiro atoms. The Morgan fingerprint density at radius 1 is 0.947 bits per heavy atom. The molecule has 19 heavy (non-hydrogen) atoms. The van der Waals surface area contributed by atoms with Crippen LogP contribution in [0.1, 0.15) is 43.0 Å². The van der Waals surface area contributed by atoms with E-state index in [4.69, 9.17) is 0 Å². The minimum Gasteiger partial charge on any atom is -0.0955 e. The van der Waals surface area contributed by atoms with E-state index >= 15 is 0 Å². The van der Waals surface area contributed by atoms with Gasteiger partial charge in [-0.1, -0.05) is 80.1 Å². The van der Waals surface area contributed by atoms with Crippen molar-refractivity contribution in [2.45, 2.75) is 34.1 Å². The zero-order chi connectivity index (χ0) is 14.3. The van der Waals surface area contributed by atoms with Crippen LogP contribution < -0.4 is 0 Å². The van der Waals surface area contributed by atoms with Crippen LogP contribution in [0.3, 0.4) is 0 Å². The summed E-state index contributed by atoms with van der Waals surface area (Å²) in [4.78, 5) is 0. The average molecular weight is 252 g/mol. The molecule has 0 N–H and O–H groups in total. The first kappa shape index (κ1) is 15.2. The molecule has 0 aliphatic rings. The van der Waals surface area contributed by atoms with E-state index in [-0.39, 0.29) is 0 Å². The van der Waals surface area contributed by atoms with E-state index in [1.807, 2.05) is 20.8 Å². The lowest BCUT2D eigenvalue weighted by molar-refractivity contribution is 1.18. The molecular formula is C19H24. The molecule has 0 heterocycles. The van der Waals surface area contributed by atoms with E-state index in [9.17, 15) is 0 Å². The number of benzene rings is 2. The van der Waals surface area contributed by atoms with E-state index in [0.29, 0.717) is 0 Å². The van der Waals surface area contributed by atoms with Gasteiger partial charge in [-0.25, -0.2) is 0 Å². The summed E-state index contributed by atoms with van der Waals surface area (Å²) in [5, 5.41) is 0. The Morgan fingerprint density at radius 2 is 1.58 bits per heavy atom. The smallest absolute Gasteiger partial charge is 0.00256 e. The predicted molar refractivity (Wildman–Crippen MR) is 86.5 cm³/mol. The Bertz CT molecular complexity index is 518. The van der Waals surface area contributed by atoms with Gasteiger partial charge < -0.3 is 0 Å². The molecule has 100 valence electrons. The average Bonchev–Trinajstić information content (AvgIpc) is 2.44. The van der Waals surface area contributed by atoms with Gasteiger partial charge >= 0.3 is 0 Å². The Hall–Kier alpha value is -1.82. The van der Waals surface area contributed by atoms with Gasteiger partial charge in [0.2, 0.25) is 0 Å². The highest BCUT2D eigenvalue weighted by molar-refractivity contribution is 5.61. The van der Waals surface area contributed by atoms with Crippen LogP contribution in [-0.2, 0) is 6.42 Å². The summed E-state index contributed by atoms with van der Waals surface area (Å²) in [5.41, 5.74) is 6.36. The van der Waals surface area contributed by atoms with Crippen LogP contribution in [-0.4, -0.2) is 0 Å². The quantitative estimate of drug-likeness (QED) is 0.662. The van der Waals surface area contributed by atoms with Crippen molar-refractivity contribution in [1.82, 2.24) is 0 Å². The molecule has 2 rings (SSSR count). The second-order valence-corrected chi connectivity index (χ2v) is 4.64. The fraction of sp³-hybridized carbons (Fsp3) is 0.263. The Kier molecular flexibility index (Phi) is 6.08. The van der Waals surface area contributed by atoms with Gasteiger partial charge in [0.25, 0.3) is 0 Å². The zero-order valence-corrected chi connectivity index (χ0v) is 12.5. The molecule has 0 heteroatoms. The SMILES string of the molecule is C=C(C)c1cccc(Cc2ccc(C)cc2)c1.CC. The highest BCUT2D eigenvalue weighted by atomic mass is 14.0. The first-order valence-corrected chi connectivity index (χ1v) is 6.95. The Balaban J connectivity index is 0.000000861. The maximum Gasteiger partial charge on any atom is -0.00256 e. The molecule has 0 fully saturated rings. The molecule has 0 radical (unpaired) electrons. The van der Waals surface area contributed by atoms with Gasteiger partial charge in [-0.2, -0.15) is 0 Å². The van der Waals surface area contributed by atoms with Crippen molar-refractivity contribution in [3.63, 3.8) is 0 Å². The molecule has 0 atom stereocenters. The van der Waals surface area contributed by atoms with Crippen molar-refractivity contribution in [3.8, 4) is 0 Å². The normalized spacial score (nSPS) is 9.47. The van der Waals surface area contributed by atoms with Crippen LogP contribution in [0.2, 0.25) is 0 Å². The number of hydrogen-bond acceptors (Lipinski definition) is 0. The van der Waals surface area contributed by atoms with E-state index in [1.54, 1.807) is 0 Å². The Labute approximate surface area is 117 Å². The topological polar surface area (TPSA) is 0 Å². The summed E-state index contributed by atoms with van der Waals surface area (Å²) in [7, 11) is 0. The fourth-order valence-electron chi connectivity index (χ4n) is 1.89. The predicted octanol–water partition coefficient (Wildman–Crippen LogP) is 5.65. The van der Waals surface area contributed by atoms with E-state index in [0.717, 1.165) is 12.0 Å². The van der Waals surface area contributed by atoms with Gasteiger partial charge in [-0.15, -0.1) is 0 Å². The molecule has 0 saturated heterocycles. The maximum atomic E-state index is 3.99. The van der Waals surface area contributed by atoms with Gasteiger partial charge in [0, 0.05) is 0 Å². The third-order valence-electron chi connectivity index (χ3n) is 2.95. The van der Waals surface area contributed by atoms with Gasteiger partial charge in [-0.05, 0) is 37.0 Å². The lowest BCUT2D eigenvalue weighted by atomic mass is 10.00. The van der Waals surface area contributed by atoms with Gasteiger partial charge in [0.05, 0.1) is 0 Å². The molecule has 2 aromatic carbocycles. The van der Waals surface area contributed by atoms with Crippen LogP contribution in [0.5, 0.6) is 0 Å². The Morgan fingerprint density at radius 3 is 2.16 bits per heavy atom. The van der Waals surface area contributed by atoms with E-state index in [1.165, 1.54) is 22.3 Å². The van der Waals surface area contributed by atoms with Crippen LogP contribution in [0.15, 0.2) is 55.1 Å². The first-order valence-electron chi connectivity index (χ1n) is 6.95. The molecule has 0 bridgehead atoms. The number of rotatable bonds is 3. The maximum absolute atomic E-state index is 3.99. The first-order chi connectivity index (χ1) is 9.15. The van der Waals surface area contributed by atoms with Crippen molar-refractivity contribution in [1.29, 1.82) is 0 Å². The molecular weight excluding hydrogens is 228 g/mol. The van der Waals surface area contributed by atoms with Crippen molar-refractivity contribution in [3.05, 3.63) is 77.4 Å². The third kappa shape index (κ3) is 4.75. The van der Waals surface area contributed by atoms with Gasteiger partial charge in [0.15, 0.2) is 0 Å². The molecule has 0 aliphatic heterocycles. The zero-order valence-electron chi connectivity index (χ0n) is 12.5. The molecule has 0 aliphatic carbocycles. The molecule has 0 nitrogen and oxygen atoms in total. The number of aryl methyl sites for hydroxylation is 1. The second-order valence-electron chi connectivity index (χ2n) is 4.64. The highest BCUT2D eigenvalue weighted by Crippen LogP contribution is 2.16. The fourth-order valence-corrected chi connectivity index (χ4v) is 1.89. The van der Waals surface area contributed by atoms with Crippen LogP contribution >= 0.6 is 0 Å². The summed E-state index contributed by atoms with van der Waals surface area (Å²) in [6, 6.07) is 17.3. The summed E-state index contributed by atoms with van der Waals surface area (Å²) in [6.45, 7) is 12.1. The molecule has 0 unspecified atom stereocenters. The minimum atomic E-state index is 0.987. The van der Waals surface area contributed by atoms with Crippen molar-refractivity contribution >= 4 is 5.57 Å². The third-order valence-corrected chi connectivity index (χ3v) is 2.95. The van der Waals surface area contributed by atoms with E-state index < -0.39 is 0 Å². The molecule has 0 saturated carbocycles. The summed E-state index contributed by atoms with van der Waals surface area (Å²) < 4.78 is 0. The van der Waals surface area contributed by atoms with Crippen LogP contribution in [0.25, 0.3) is 5.57 Å².